The number of halogens is 1. The van der Waals surface area contributed by atoms with Gasteiger partial charge in [0.05, 0.1) is 23.1 Å². The van der Waals surface area contributed by atoms with E-state index in [2.05, 4.69) is 35.9 Å². The Morgan fingerprint density at radius 1 is 1.04 bits per heavy atom. The third-order valence-corrected chi connectivity index (χ3v) is 4.28. The van der Waals surface area contributed by atoms with E-state index < -0.39 is 5.56 Å². The average Bonchev–Trinajstić information content (AvgIpc) is 3.03. The normalized spacial score (nSPS) is 10.9. The Labute approximate surface area is 150 Å². The first-order valence-corrected chi connectivity index (χ1v) is 8.26. The van der Waals surface area contributed by atoms with Crippen LogP contribution in [0.25, 0.3) is 22.3 Å². The first kappa shape index (κ1) is 15.5. The lowest BCUT2D eigenvalue weighted by molar-refractivity contribution is 0.103. The van der Waals surface area contributed by atoms with Crippen LogP contribution in [0.2, 0.25) is 0 Å². The molecule has 0 spiro atoms. The minimum atomic E-state index is -0.422. The molecule has 0 saturated heterocycles. The highest BCUT2D eigenvalue weighted by Crippen LogP contribution is 2.30. The predicted molar refractivity (Wildman–Crippen MR) is 97.5 cm³/mol. The van der Waals surface area contributed by atoms with Crippen molar-refractivity contribution in [2.45, 2.75) is 0 Å². The number of hydrogen-bond donors (Lipinski definition) is 2. The molecule has 0 aliphatic rings. The zero-order valence-electron chi connectivity index (χ0n) is 12.8. The van der Waals surface area contributed by atoms with Crippen LogP contribution in [0.1, 0.15) is 16.1 Å². The molecule has 0 atom stereocenters. The number of fused-ring (bicyclic) bond motifs is 1. The topological polar surface area (TPSA) is 91.5 Å². The molecule has 0 amide bonds. The van der Waals surface area contributed by atoms with Gasteiger partial charge < -0.3 is 9.97 Å². The van der Waals surface area contributed by atoms with Crippen molar-refractivity contribution in [2.75, 3.05) is 0 Å². The Morgan fingerprint density at radius 2 is 1.84 bits per heavy atom. The van der Waals surface area contributed by atoms with E-state index >= 15 is 0 Å². The number of carbonyl (C=O) groups excluding carboxylic acids is 1. The molecule has 0 unspecified atom stereocenters. The average molecular weight is 395 g/mol. The number of benzene rings is 1. The van der Waals surface area contributed by atoms with Crippen molar-refractivity contribution < 1.29 is 4.79 Å². The van der Waals surface area contributed by atoms with E-state index in [-0.39, 0.29) is 5.78 Å². The molecule has 0 saturated carbocycles. The number of rotatable bonds is 3. The van der Waals surface area contributed by atoms with Crippen molar-refractivity contribution in [3.05, 3.63) is 81.1 Å². The molecule has 25 heavy (non-hydrogen) atoms. The van der Waals surface area contributed by atoms with Crippen LogP contribution in [0, 0.1) is 0 Å². The Balaban J connectivity index is 2.05. The second kappa shape index (κ2) is 6.10. The molecular weight excluding hydrogens is 384 g/mol. The van der Waals surface area contributed by atoms with E-state index in [4.69, 9.17) is 0 Å². The fourth-order valence-electron chi connectivity index (χ4n) is 2.75. The molecule has 6 nitrogen and oxygen atoms in total. The van der Waals surface area contributed by atoms with Crippen LogP contribution in [0.15, 0.2) is 64.3 Å². The van der Waals surface area contributed by atoms with Gasteiger partial charge in [-0.1, -0.05) is 36.4 Å². The van der Waals surface area contributed by atoms with Gasteiger partial charge in [-0.05, 0) is 28.1 Å². The molecule has 7 heteroatoms. The van der Waals surface area contributed by atoms with Gasteiger partial charge in [-0.25, -0.2) is 4.98 Å². The van der Waals surface area contributed by atoms with E-state index in [1.165, 1.54) is 6.33 Å². The summed E-state index contributed by atoms with van der Waals surface area (Å²) in [5.74, 6) is -0.221. The highest BCUT2D eigenvalue weighted by Gasteiger charge is 2.23. The highest BCUT2D eigenvalue weighted by molar-refractivity contribution is 9.10. The van der Waals surface area contributed by atoms with Crippen LogP contribution < -0.4 is 5.56 Å². The summed E-state index contributed by atoms with van der Waals surface area (Å²) in [5, 5.41) is 0.312. The minimum absolute atomic E-state index is 0.221. The van der Waals surface area contributed by atoms with Crippen molar-refractivity contribution in [3.8, 4) is 11.3 Å². The molecule has 3 aromatic heterocycles. The molecule has 4 rings (SSSR count). The molecular formula is C18H11BrN4O2. The summed E-state index contributed by atoms with van der Waals surface area (Å²) < 4.78 is 0.609. The smallest absolute Gasteiger partial charge is 0.282 e. The van der Waals surface area contributed by atoms with Gasteiger partial charge >= 0.3 is 0 Å². The summed E-state index contributed by atoms with van der Waals surface area (Å²) in [4.78, 5) is 39.4. The maximum atomic E-state index is 13.0. The second-order valence-electron chi connectivity index (χ2n) is 5.37. The van der Waals surface area contributed by atoms with Crippen molar-refractivity contribution in [1.82, 2.24) is 19.9 Å². The third kappa shape index (κ3) is 2.68. The molecule has 0 aliphatic carbocycles. The molecule has 0 aliphatic heterocycles. The number of aromatic nitrogens is 4. The van der Waals surface area contributed by atoms with Crippen molar-refractivity contribution in [3.63, 3.8) is 0 Å². The van der Waals surface area contributed by atoms with E-state index in [0.29, 0.717) is 38.2 Å². The van der Waals surface area contributed by atoms with Gasteiger partial charge in [0.2, 0.25) is 5.78 Å². The summed E-state index contributed by atoms with van der Waals surface area (Å²) >= 11 is 3.33. The van der Waals surface area contributed by atoms with Gasteiger partial charge in [0, 0.05) is 11.1 Å². The van der Waals surface area contributed by atoms with Crippen molar-refractivity contribution >= 4 is 32.7 Å². The maximum Gasteiger partial charge on any atom is 0.282 e. The van der Waals surface area contributed by atoms with Gasteiger partial charge in [0.1, 0.15) is 10.3 Å². The first-order valence-electron chi connectivity index (χ1n) is 7.47. The van der Waals surface area contributed by atoms with E-state index in [1.54, 1.807) is 42.5 Å². The zero-order valence-corrected chi connectivity index (χ0v) is 14.4. The number of carbonyl (C=O) groups is 1. The second-order valence-corrected chi connectivity index (χ2v) is 6.19. The maximum absolute atomic E-state index is 13.0. The third-order valence-electron chi connectivity index (χ3n) is 3.84. The van der Waals surface area contributed by atoms with Gasteiger partial charge in [-0.3, -0.25) is 9.59 Å². The standard InChI is InChI=1S/C18H11BrN4O2/c19-12-8-4-7-11(22-12)13-14-17(20-9-21-18(14)25)23-15(13)16(24)10-5-2-1-3-6-10/h1-9H,(H2,20,21,23,25). The summed E-state index contributed by atoms with van der Waals surface area (Å²) in [6, 6.07) is 14.2. The van der Waals surface area contributed by atoms with Crippen LogP contribution in [0.3, 0.4) is 0 Å². The van der Waals surface area contributed by atoms with Crippen LogP contribution in [-0.4, -0.2) is 25.7 Å². The fraction of sp³-hybridized carbons (Fsp3) is 0. The summed E-state index contributed by atoms with van der Waals surface area (Å²) in [5.41, 5.74) is 1.79. The molecule has 2 N–H and O–H groups in total. The molecule has 0 bridgehead atoms. The monoisotopic (exact) mass is 394 g/mol. The fourth-order valence-corrected chi connectivity index (χ4v) is 3.09. The number of nitrogens with zero attached hydrogens (tertiary/aromatic N) is 2. The quantitative estimate of drug-likeness (QED) is 0.411. The summed E-state index contributed by atoms with van der Waals surface area (Å²) in [6.45, 7) is 0. The predicted octanol–water partition coefficient (Wildman–Crippen LogP) is 3.31. The first-order chi connectivity index (χ1) is 12.1. The number of pyridine rings is 1. The lowest BCUT2D eigenvalue weighted by Crippen LogP contribution is -2.07. The number of ketones is 1. The van der Waals surface area contributed by atoms with Crippen LogP contribution in [-0.2, 0) is 0 Å². The van der Waals surface area contributed by atoms with Gasteiger partial charge in [-0.15, -0.1) is 0 Å². The van der Waals surface area contributed by atoms with Crippen molar-refractivity contribution in [2.24, 2.45) is 0 Å². The lowest BCUT2D eigenvalue weighted by atomic mass is 10.0. The number of aromatic amines is 2. The highest BCUT2D eigenvalue weighted by atomic mass is 79.9. The van der Waals surface area contributed by atoms with Crippen LogP contribution in [0.4, 0.5) is 0 Å². The number of nitrogens with one attached hydrogen (secondary N) is 2. The molecule has 3 heterocycles. The Bertz CT molecular complexity index is 1150. The van der Waals surface area contributed by atoms with Gasteiger partial charge in [0.25, 0.3) is 5.56 Å². The molecule has 4 aromatic rings. The van der Waals surface area contributed by atoms with Crippen LogP contribution >= 0.6 is 15.9 Å². The van der Waals surface area contributed by atoms with Gasteiger partial charge in [-0.2, -0.15) is 4.98 Å². The molecule has 0 fully saturated rings. The number of H-pyrrole nitrogens is 2. The SMILES string of the molecule is O=C(c1ccccc1)c1[nH]c2[nH]cnc(=O)c2c1-c1cccc(Br)n1. The van der Waals surface area contributed by atoms with E-state index in [1.807, 2.05) is 6.07 Å². The molecule has 122 valence electrons. The Kier molecular flexibility index (Phi) is 3.77. The van der Waals surface area contributed by atoms with E-state index in [0.717, 1.165) is 0 Å². The molecule has 1 aromatic carbocycles. The van der Waals surface area contributed by atoms with Gasteiger partial charge in [0.15, 0.2) is 0 Å². The lowest BCUT2D eigenvalue weighted by Gasteiger charge is -2.04. The largest absolute Gasteiger partial charge is 0.337 e. The van der Waals surface area contributed by atoms with Crippen LogP contribution in [0.5, 0.6) is 0 Å². The zero-order chi connectivity index (χ0) is 17.4. The minimum Gasteiger partial charge on any atom is -0.337 e. The summed E-state index contributed by atoms with van der Waals surface area (Å²) in [6.07, 6.45) is 1.30. The number of hydrogen-bond acceptors (Lipinski definition) is 4. The van der Waals surface area contributed by atoms with E-state index in [9.17, 15) is 9.59 Å². The van der Waals surface area contributed by atoms with Crippen molar-refractivity contribution in [1.29, 1.82) is 0 Å². The Morgan fingerprint density at radius 3 is 2.60 bits per heavy atom. The summed E-state index contributed by atoms with van der Waals surface area (Å²) in [7, 11) is 0. The molecule has 0 radical (unpaired) electrons. The Hall–Kier alpha value is -3.06.